The lowest BCUT2D eigenvalue weighted by molar-refractivity contribution is 0.825. The van der Waals surface area contributed by atoms with Gasteiger partial charge in [0.1, 0.15) is 0 Å². The second-order valence-electron chi connectivity index (χ2n) is 4.25. The Morgan fingerprint density at radius 3 is 3.05 bits per heavy atom. The Kier molecular flexibility index (Phi) is 4.55. The van der Waals surface area contributed by atoms with Gasteiger partial charge in [-0.2, -0.15) is 5.10 Å². The van der Waals surface area contributed by atoms with E-state index in [4.69, 9.17) is 5.73 Å². The molecule has 0 radical (unpaired) electrons. The van der Waals surface area contributed by atoms with Gasteiger partial charge in [-0.05, 0) is 30.2 Å². The van der Waals surface area contributed by atoms with E-state index in [-0.39, 0.29) is 0 Å². The molecule has 0 fully saturated rings. The molecule has 2 aromatic rings. The minimum absolute atomic E-state index is 0.492. The summed E-state index contributed by atoms with van der Waals surface area (Å²) in [6, 6.07) is 10.0. The largest absolute Gasteiger partial charge is 0.370 e. The summed E-state index contributed by atoms with van der Waals surface area (Å²) < 4.78 is 1.83. The van der Waals surface area contributed by atoms with Crippen LogP contribution in [0.25, 0.3) is 5.69 Å². The number of aromatic nitrogens is 2. The second kappa shape index (κ2) is 6.58. The first-order chi connectivity index (χ1) is 9.29. The minimum Gasteiger partial charge on any atom is -0.370 e. The van der Waals surface area contributed by atoms with E-state index in [0.717, 1.165) is 24.2 Å². The molecule has 3 N–H and O–H groups in total. The number of rotatable bonds is 5. The lowest BCUT2D eigenvalue weighted by Crippen LogP contribution is -2.32. The molecule has 100 valence electrons. The van der Waals surface area contributed by atoms with Crippen LogP contribution in [-0.4, -0.2) is 22.3 Å². The van der Waals surface area contributed by atoms with E-state index in [2.05, 4.69) is 28.4 Å². The Morgan fingerprint density at radius 2 is 2.32 bits per heavy atom. The number of nitrogens with zero attached hydrogens (tertiary/aromatic N) is 3. The third-order valence-electron chi connectivity index (χ3n) is 2.67. The maximum Gasteiger partial charge on any atom is 0.188 e. The zero-order chi connectivity index (χ0) is 13.5. The van der Waals surface area contributed by atoms with Crippen LogP contribution in [0.15, 0.2) is 47.7 Å². The summed E-state index contributed by atoms with van der Waals surface area (Å²) in [6.45, 7) is 3.51. The summed E-state index contributed by atoms with van der Waals surface area (Å²) >= 11 is 0. The number of nitrogens with one attached hydrogen (secondary N) is 1. The molecule has 0 amide bonds. The molecule has 1 aromatic heterocycles. The molecule has 0 bridgehead atoms. The van der Waals surface area contributed by atoms with Gasteiger partial charge in [-0.15, -0.1) is 0 Å². The van der Waals surface area contributed by atoms with Crippen LogP contribution in [0.2, 0.25) is 0 Å². The van der Waals surface area contributed by atoms with Crippen LogP contribution < -0.4 is 11.1 Å². The molecule has 0 spiro atoms. The average molecular weight is 257 g/mol. The Labute approximate surface area is 113 Å². The lowest BCUT2D eigenvalue weighted by atomic mass is 10.2. The molecule has 0 atom stereocenters. The molecule has 0 saturated carbocycles. The molecule has 5 nitrogen and oxygen atoms in total. The fourth-order valence-electron chi connectivity index (χ4n) is 1.70. The molecule has 0 aliphatic heterocycles. The van der Waals surface area contributed by atoms with E-state index in [0.29, 0.717) is 12.5 Å². The van der Waals surface area contributed by atoms with E-state index >= 15 is 0 Å². The molecule has 0 unspecified atom stereocenters. The molecule has 2 rings (SSSR count). The molecule has 5 heteroatoms. The number of aliphatic imine (C=N–C) groups is 1. The second-order valence-corrected chi connectivity index (χ2v) is 4.25. The molecular formula is C14H19N5. The summed E-state index contributed by atoms with van der Waals surface area (Å²) in [5, 5.41) is 7.26. The highest BCUT2D eigenvalue weighted by Gasteiger charge is 1.98. The average Bonchev–Trinajstić information content (AvgIpc) is 2.97. The fraction of sp³-hybridized carbons (Fsp3) is 0.286. The van der Waals surface area contributed by atoms with Gasteiger partial charge in [-0.3, -0.25) is 0 Å². The van der Waals surface area contributed by atoms with Crippen molar-refractivity contribution < 1.29 is 0 Å². The summed E-state index contributed by atoms with van der Waals surface area (Å²) in [4.78, 5) is 4.31. The van der Waals surface area contributed by atoms with Crippen LogP contribution in [0, 0.1) is 0 Å². The minimum atomic E-state index is 0.492. The van der Waals surface area contributed by atoms with Gasteiger partial charge in [0.15, 0.2) is 5.96 Å². The molecule has 19 heavy (non-hydrogen) atoms. The highest BCUT2D eigenvalue weighted by molar-refractivity contribution is 5.77. The Morgan fingerprint density at radius 1 is 1.42 bits per heavy atom. The first-order valence-electron chi connectivity index (χ1n) is 6.42. The van der Waals surface area contributed by atoms with Gasteiger partial charge in [0.2, 0.25) is 0 Å². The van der Waals surface area contributed by atoms with Crippen LogP contribution >= 0.6 is 0 Å². The van der Waals surface area contributed by atoms with Crippen molar-refractivity contribution in [2.75, 3.05) is 6.54 Å². The SMILES string of the molecule is CCCNC(N)=NCc1cccc(-n2cccn2)c1. The number of hydrogen-bond donors (Lipinski definition) is 2. The Hall–Kier alpha value is -2.30. The van der Waals surface area contributed by atoms with E-state index in [1.165, 1.54) is 0 Å². The topological polar surface area (TPSA) is 68.2 Å². The highest BCUT2D eigenvalue weighted by atomic mass is 15.3. The van der Waals surface area contributed by atoms with Crippen LogP contribution in [0.1, 0.15) is 18.9 Å². The Bertz CT molecular complexity index is 531. The van der Waals surface area contributed by atoms with E-state index in [9.17, 15) is 0 Å². The Balaban J connectivity index is 2.03. The van der Waals surface area contributed by atoms with Crippen molar-refractivity contribution in [3.05, 3.63) is 48.3 Å². The molecule has 1 aromatic carbocycles. The van der Waals surface area contributed by atoms with Gasteiger partial charge in [0.05, 0.1) is 12.2 Å². The standard InChI is InChI=1S/C14H19N5/c1-2-7-16-14(15)17-11-12-5-3-6-13(10-12)19-9-4-8-18-19/h3-6,8-10H,2,7,11H2,1H3,(H3,15,16,17). The smallest absolute Gasteiger partial charge is 0.188 e. The monoisotopic (exact) mass is 257 g/mol. The maximum absolute atomic E-state index is 5.76. The molecular weight excluding hydrogens is 238 g/mol. The number of benzene rings is 1. The van der Waals surface area contributed by atoms with Gasteiger partial charge in [0.25, 0.3) is 0 Å². The van der Waals surface area contributed by atoms with Crippen LogP contribution in [-0.2, 0) is 6.54 Å². The van der Waals surface area contributed by atoms with Gasteiger partial charge in [-0.1, -0.05) is 19.1 Å². The van der Waals surface area contributed by atoms with Crippen molar-refractivity contribution in [3.63, 3.8) is 0 Å². The lowest BCUT2D eigenvalue weighted by Gasteiger charge is -2.05. The number of hydrogen-bond acceptors (Lipinski definition) is 2. The third kappa shape index (κ3) is 3.84. The van der Waals surface area contributed by atoms with Crippen LogP contribution in [0.4, 0.5) is 0 Å². The number of guanidine groups is 1. The van der Waals surface area contributed by atoms with Crippen LogP contribution in [0.5, 0.6) is 0 Å². The first kappa shape index (κ1) is 13.1. The fourth-order valence-corrected chi connectivity index (χ4v) is 1.70. The maximum atomic E-state index is 5.76. The highest BCUT2D eigenvalue weighted by Crippen LogP contribution is 2.10. The van der Waals surface area contributed by atoms with Crippen molar-refractivity contribution in [2.45, 2.75) is 19.9 Å². The van der Waals surface area contributed by atoms with Gasteiger partial charge in [0, 0.05) is 18.9 Å². The van der Waals surface area contributed by atoms with E-state index in [1.54, 1.807) is 6.20 Å². The summed E-state index contributed by atoms with van der Waals surface area (Å²) in [5.74, 6) is 0.492. The quantitative estimate of drug-likeness (QED) is 0.632. The third-order valence-corrected chi connectivity index (χ3v) is 2.67. The molecule has 0 aliphatic rings. The number of nitrogens with two attached hydrogens (primary N) is 1. The van der Waals surface area contributed by atoms with E-state index < -0.39 is 0 Å². The van der Waals surface area contributed by atoms with Crippen molar-refractivity contribution in [3.8, 4) is 5.69 Å². The predicted octanol–water partition coefficient (Wildman–Crippen LogP) is 1.69. The predicted molar refractivity (Wildman–Crippen MR) is 77.2 cm³/mol. The van der Waals surface area contributed by atoms with Crippen molar-refractivity contribution in [1.29, 1.82) is 0 Å². The summed E-state index contributed by atoms with van der Waals surface area (Å²) in [5.41, 5.74) is 7.89. The van der Waals surface area contributed by atoms with Crippen LogP contribution in [0.3, 0.4) is 0 Å². The summed E-state index contributed by atoms with van der Waals surface area (Å²) in [6.07, 6.45) is 4.71. The van der Waals surface area contributed by atoms with Gasteiger partial charge >= 0.3 is 0 Å². The van der Waals surface area contributed by atoms with Gasteiger partial charge in [-0.25, -0.2) is 9.67 Å². The van der Waals surface area contributed by atoms with Gasteiger partial charge < -0.3 is 11.1 Å². The first-order valence-corrected chi connectivity index (χ1v) is 6.42. The van der Waals surface area contributed by atoms with Crippen molar-refractivity contribution in [2.24, 2.45) is 10.7 Å². The van der Waals surface area contributed by atoms with Crippen molar-refractivity contribution in [1.82, 2.24) is 15.1 Å². The van der Waals surface area contributed by atoms with E-state index in [1.807, 2.05) is 35.1 Å². The van der Waals surface area contributed by atoms with Crippen molar-refractivity contribution >= 4 is 5.96 Å². The molecule has 0 saturated heterocycles. The molecule has 1 heterocycles. The normalized spacial score (nSPS) is 11.5. The zero-order valence-electron chi connectivity index (χ0n) is 11.1. The zero-order valence-corrected chi connectivity index (χ0v) is 11.1. The molecule has 0 aliphatic carbocycles. The summed E-state index contributed by atoms with van der Waals surface area (Å²) in [7, 11) is 0.